The molecule has 0 spiro atoms. The molecular weight excluding hydrogens is 216 g/mol. The Kier molecular flexibility index (Phi) is 2.11. The van der Waals surface area contributed by atoms with E-state index in [9.17, 15) is 9.59 Å². The average molecular weight is 235 g/mol. The van der Waals surface area contributed by atoms with Gasteiger partial charge in [0.25, 0.3) is 0 Å². The Balaban J connectivity index is 1.94. The van der Waals surface area contributed by atoms with Crippen LogP contribution in [0.2, 0.25) is 0 Å². The van der Waals surface area contributed by atoms with E-state index in [4.69, 9.17) is 11.5 Å². The predicted octanol–water partition coefficient (Wildman–Crippen LogP) is 0.748. The Morgan fingerprint density at radius 3 is 2.59 bits per heavy atom. The SMILES string of the molecule is NC(=O)CC12CC3[CH]C(C(N)=O)(CC(C3)C1)C2. The lowest BCUT2D eigenvalue weighted by Gasteiger charge is -2.60. The zero-order valence-electron chi connectivity index (χ0n) is 9.95. The number of nitrogens with two attached hydrogens (primary N) is 2. The normalized spacial score (nSPS) is 47.1. The van der Waals surface area contributed by atoms with Gasteiger partial charge in [-0.05, 0) is 55.8 Å². The first kappa shape index (κ1) is 11.1. The molecule has 4 saturated carbocycles. The van der Waals surface area contributed by atoms with Crippen LogP contribution in [0.3, 0.4) is 0 Å². The predicted molar refractivity (Wildman–Crippen MR) is 62.2 cm³/mol. The average Bonchev–Trinajstić information content (AvgIpc) is 2.12. The molecule has 4 bridgehead atoms. The number of hydrogen-bond donors (Lipinski definition) is 2. The molecular formula is C13H19N2O2. The van der Waals surface area contributed by atoms with Crippen molar-refractivity contribution in [1.82, 2.24) is 0 Å². The zero-order valence-corrected chi connectivity index (χ0v) is 9.95. The summed E-state index contributed by atoms with van der Waals surface area (Å²) >= 11 is 0. The van der Waals surface area contributed by atoms with E-state index >= 15 is 0 Å². The van der Waals surface area contributed by atoms with Crippen LogP contribution in [0.25, 0.3) is 0 Å². The minimum Gasteiger partial charge on any atom is -0.370 e. The number of primary amides is 2. The van der Waals surface area contributed by atoms with Gasteiger partial charge in [-0.3, -0.25) is 9.59 Å². The van der Waals surface area contributed by atoms with Gasteiger partial charge in [-0.1, -0.05) is 0 Å². The molecule has 4 nitrogen and oxygen atoms in total. The molecule has 0 saturated heterocycles. The molecule has 0 aliphatic heterocycles. The second-order valence-electron chi connectivity index (χ2n) is 6.48. The van der Waals surface area contributed by atoms with Gasteiger partial charge >= 0.3 is 0 Å². The first-order chi connectivity index (χ1) is 7.93. The largest absolute Gasteiger partial charge is 0.370 e. The van der Waals surface area contributed by atoms with Crippen LogP contribution in [0, 0.1) is 29.1 Å². The maximum absolute atomic E-state index is 11.8. The summed E-state index contributed by atoms with van der Waals surface area (Å²) in [7, 11) is 0. The van der Waals surface area contributed by atoms with Crippen molar-refractivity contribution in [3.8, 4) is 0 Å². The molecule has 4 heteroatoms. The topological polar surface area (TPSA) is 86.2 Å². The Morgan fingerprint density at radius 1 is 1.24 bits per heavy atom. The fraction of sp³-hybridized carbons (Fsp3) is 0.769. The standard InChI is InChI=1S/C13H19N2O2/c14-10(16)6-12-2-8-1-9(3-12)5-13(4-8,7-12)11(15)17/h4,8-9H,1-3,5-7H2,(H2,14,16)(H2,15,17). The number of amides is 2. The van der Waals surface area contributed by atoms with Crippen molar-refractivity contribution in [3.63, 3.8) is 0 Å². The van der Waals surface area contributed by atoms with Crippen LogP contribution >= 0.6 is 0 Å². The highest BCUT2D eigenvalue weighted by molar-refractivity contribution is 5.83. The van der Waals surface area contributed by atoms with E-state index < -0.39 is 5.41 Å². The van der Waals surface area contributed by atoms with Crippen LogP contribution in [-0.2, 0) is 9.59 Å². The van der Waals surface area contributed by atoms with Crippen molar-refractivity contribution in [1.29, 1.82) is 0 Å². The monoisotopic (exact) mass is 235 g/mol. The van der Waals surface area contributed by atoms with E-state index in [0.717, 1.165) is 32.1 Å². The second-order valence-corrected chi connectivity index (χ2v) is 6.48. The Hall–Kier alpha value is -1.06. The molecule has 93 valence electrons. The van der Waals surface area contributed by atoms with Gasteiger partial charge in [0.2, 0.25) is 11.8 Å². The van der Waals surface area contributed by atoms with Crippen molar-refractivity contribution in [2.45, 2.75) is 38.5 Å². The van der Waals surface area contributed by atoms with Crippen LogP contribution < -0.4 is 11.5 Å². The van der Waals surface area contributed by atoms with Gasteiger partial charge in [0.1, 0.15) is 0 Å². The lowest BCUT2D eigenvalue weighted by Crippen LogP contribution is -2.57. The quantitative estimate of drug-likeness (QED) is 0.756. The number of carbonyl (C=O) groups excluding carboxylic acids is 2. The molecule has 4 atom stereocenters. The molecule has 4 aliphatic carbocycles. The highest BCUT2D eigenvalue weighted by Gasteiger charge is 2.60. The van der Waals surface area contributed by atoms with E-state index in [1.54, 1.807) is 0 Å². The summed E-state index contributed by atoms with van der Waals surface area (Å²) in [6, 6.07) is 0. The molecule has 4 fully saturated rings. The first-order valence-electron chi connectivity index (χ1n) is 6.37. The highest BCUT2D eigenvalue weighted by atomic mass is 16.1. The first-order valence-corrected chi connectivity index (χ1v) is 6.37. The number of carbonyl (C=O) groups is 2. The van der Waals surface area contributed by atoms with Gasteiger partial charge in [-0.15, -0.1) is 0 Å². The molecule has 0 aromatic heterocycles. The Bertz CT molecular complexity index is 377. The third-order valence-electron chi connectivity index (χ3n) is 4.99. The van der Waals surface area contributed by atoms with E-state index in [0.29, 0.717) is 18.3 Å². The van der Waals surface area contributed by atoms with E-state index in [-0.39, 0.29) is 17.2 Å². The molecule has 2 amide bonds. The van der Waals surface area contributed by atoms with Gasteiger partial charge in [-0.25, -0.2) is 0 Å². The molecule has 4 aliphatic rings. The molecule has 0 aromatic carbocycles. The van der Waals surface area contributed by atoms with E-state index in [1.807, 2.05) is 0 Å². The molecule has 1 radical (unpaired) electrons. The lowest BCUT2D eigenvalue weighted by atomic mass is 9.43. The fourth-order valence-corrected chi connectivity index (χ4v) is 4.95. The summed E-state index contributed by atoms with van der Waals surface area (Å²) in [6.07, 6.45) is 7.45. The van der Waals surface area contributed by atoms with Crippen LogP contribution in [-0.4, -0.2) is 11.8 Å². The molecule has 4 rings (SSSR count). The smallest absolute Gasteiger partial charge is 0.223 e. The van der Waals surface area contributed by atoms with Crippen LogP contribution in [0.1, 0.15) is 38.5 Å². The Morgan fingerprint density at radius 2 is 2.00 bits per heavy atom. The lowest BCUT2D eigenvalue weighted by molar-refractivity contribution is -0.146. The highest BCUT2D eigenvalue weighted by Crippen LogP contribution is 2.65. The van der Waals surface area contributed by atoms with Crippen molar-refractivity contribution in [2.24, 2.45) is 34.1 Å². The molecule has 4 N–H and O–H groups in total. The van der Waals surface area contributed by atoms with Gasteiger partial charge in [0.15, 0.2) is 0 Å². The molecule has 17 heavy (non-hydrogen) atoms. The molecule has 0 aromatic rings. The number of rotatable bonds is 3. The summed E-state index contributed by atoms with van der Waals surface area (Å²) in [5, 5.41) is 0. The summed E-state index contributed by atoms with van der Waals surface area (Å²) in [4.78, 5) is 23.0. The van der Waals surface area contributed by atoms with Crippen molar-refractivity contribution in [2.75, 3.05) is 0 Å². The maximum atomic E-state index is 11.8. The van der Waals surface area contributed by atoms with Crippen molar-refractivity contribution >= 4 is 11.8 Å². The van der Waals surface area contributed by atoms with Gasteiger partial charge in [-0.2, -0.15) is 0 Å². The summed E-state index contributed by atoms with van der Waals surface area (Å²) in [5.74, 6) is 0.564. The minimum atomic E-state index is -0.445. The fourth-order valence-electron chi connectivity index (χ4n) is 4.95. The summed E-state index contributed by atoms with van der Waals surface area (Å²) in [6.45, 7) is 0. The third kappa shape index (κ3) is 1.57. The van der Waals surface area contributed by atoms with Crippen LogP contribution in [0.5, 0.6) is 0 Å². The second kappa shape index (κ2) is 3.24. The zero-order chi connectivity index (χ0) is 12.3. The molecule has 4 unspecified atom stereocenters. The van der Waals surface area contributed by atoms with Gasteiger partial charge in [0, 0.05) is 6.42 Å². The van der Waals surface area contributed by atoms with Crippen LogP contribution in [0.15, 0.2) is 0 Å². The van der Waals surface area contributed by atoms with Crippen LogP contribution in [0.4, 0.5) is 0 Å². The van der Waals surface area contributed by atoms with Gasteiger partial charge in [0.05, 0.1) is 5.41 Å². The van der Waals surface area contributed by atoms with E-state index in [2.05, 4.69) is 6.42 Å². The Labute approximate surface area is 101 Å². The third-order valence-corrected chi connectivity index (χ3v) is 4.99. The van der Waals surface area contributed by atoms with Crippen molar-refractivity contribution in [3.05, 3.63) is 6.42 Å². The van der Waals surface area contributed by atoms with E-state index in [1.165, 1.54) is 0 Å². The summed E-state index contributed by atoms with van der Waals surface area (Å²) in [5.41, 5.74) is 10.5. The molecule has 0 heterocycles. The summed E-state index contributed by atoms with van der Waals surface area (Å²) < 4.78 is 0. The minimum absolute atomic E-state index is 0.0402. The van der Waals surface area contributed by atoms with Gasteiger partial charge < -0.3 is 11.5 Å². The van der Waals surface area contributed by atoms with Crippen molar-refractivity contribution < 1.29 is 9.59 Å². The number of hydrogen-bond acceptors (Lipinski definition) is 2. The maximum Gasteiger partial charge on any atom is 0.223 e.